The standard InChI is InChI=1S/C28H62N4.ClH/c1-7-17-29(18-8-2)25-15-27-31(21-11-5)23-13-14-24-32(22-12-6)28-16-26-30(19-9-3)20-10-4;/h7-28H2,1-6H3;1H. The molecule has 0 fully saturated rings. The van der Waals surface area contributed by atoms with E-state index in [-0.39, 0.29) is 12.4 Å². The second-order valence-electron chi connectivity index (χ2n) is 9.78. The van der Waals surface area contributed by atoms with E-state index in [1.165, 1.54) is 143 Å². The highest BCUT2D eigenvalue weighted by Gasteiger charge is 2.09. The molecule has 0 spiro atoms. The minimum absolute atomic E-state index is 0. The molecule has 0 aliphatic rings. The molecule has 0 radical (unpaired) electrons. The van der Waals surface area contributed by atoms with Gasteiger partial charge in [0.05, 0.1) is 0 Å². The Kier molecular flexibility index (Phi) is 28.6. The molecule has 202 valence electrons. The van der Waals surface area contributed by atoms with Crippen molar-refractivity contribution >= 4 is 12.4 Å². The van der Waals surface area contributed by atoms with Crippen molar-refractivity contribution in [3.05, 3.63) is 0 Å². The second kappa shape index (κ2) is 26.7. The van der Waals surface area contributed by atoms with Crippen LogP contribution >= 0.6 is 12.4 Å². The second-order valence-corrected chi connectivity index (χ2v) is 9.78. The molecule has 0 aliphatic heterocycles. The van der Waals surface area contributed by atoms with Gasteiger partial charge in [-0.3, -0.25) is 0 Å². The highest BCUT2D eigenvalue weighted by atomic mass is 35.5. The summed E-state index contributed by atoms with van der Waals surface area (Å²) in [6.45, 7) is 29.2. The van der Waals surface area contributed by atoms with Crippen molar-refractivity contribution < 1.29 is 0 Å². The lowest BCUT2D eigenvalue weighted by Gasteiger charge is -2.27. The SMILES string of the molecule is CCCN(CCC)CCCN(CCC)CCCCN(CCC)CCCN(CCC)CCC.Cl. The van der Waals surface area contributed by atoms with Crippen LogP contribution in [0.5, 0.6) is 0 Å². The fraction of sp³-hybridized carbons (Fsp3) is 1.00. The van der Waals surface area contributed by atoms with Crippen molar-refractivity contribution in [3.8, 4) is 0 Å². The van der Waals surface area contributed by atoms with Crippen LogP contribution in [0.2, 0.25) is 0 Å². The van der Waals surface area contributed by atoms with Crippen LogP contribution in [0.4, 0.5) is 0 Å². The van der Waals surface area contributed by atoms with Crippen LogP contribution in [0.15, 0.2) is 0 Å². The van der Waals surface area contributed by atoms with E-state index in [1.807, 2.05) is 0 Å². The Bertz CT molecular complexity index is 324. The zero-order valence-electron chi connectivity index (χ0n) is 23.8. The average Bonchev–Trinajstić information content (AvgIpc) is 2.77. The van der Waals surface area contributed by atoms with E-state index in [0.29, 0.717) is 0 Å². The Balaban J connectivity index is 0. The fourth-order valence-electron chi connectivity index (χ4n) is 4.95. The van der Waals surface area contributed by atoms with Gasteiger partial charge in [0.15, 0.2) is 0 Å². The molecule has 0 aromatic rings. The van der Waals surface area contributed by atoms with Crippen molar-refractivity contribution in [2.24, 2.45) is 0 Å². The van der Waals surface area contributed by atoms with Crippen molar-refractivity contribution in [1.29, 1.82) is 0 Å². The summed E-state index contributed by atoms with van der Waals surface area (Å²) in [5.74, 6) is 0. The normalized spacial score (nSPS) is 11.8. The van der Waals surface area contributed by atoms with E-state index in [0.717, 1.165) is 0 Å². The summed E-state index contributed by atoms with van der Waals surface area (Å²) in [7, 11) is 0. The quantitative estimate of drug-likeness (QED) is 0.133. The summed E-state index contributed by atoms with van der Waals surface area (Å²) in [6.07, 6.45) is 13.0. The summed E-state index contributed by atoms with van der Waals surface area (Å²) in [6, 6.07) is 0. The molecule has 4 nitrogen and oxygen atoms in total. The van der Waals surface area contributed by atoms with Gasteiger partial charge in [-0.15, -0.1) is 12.4 Å². The molecule has 0 bridgehead atoms. The van der Waals surface area contributed by atoms with E-state index in [1.54, 1.807) is 0 Å². The maximum Gasteiger partial charge on any atom is -0.000655 e. The van der Waals surface area contributed by atoms with Gasteiger partial charge < -0.3 is 19.6 Å². The summed E-state index contributed by atoms with van der Waals surface area (Å²) in [5, 5.41) is 0. The van der Waals surface area contributed by atoms with Crippen molar-refractivity contribution in [1.82, 2.24) is 19.6 Å². The van der Waals surface area contributed by atoms with E-state index in [9.17, 15) is 0 Å². The van der Waals surface area contributed by atoms with Gasteiger partial charge in [0.1, 0.15) is 0 Å². The number of hydrogen-bond acceptors (Lipinski definition) is 4. The first kappa shape index (κ1) is 35.3. The first-order valence-corrected chi connectivity index (χ1v) is 14.5. The molecular formula is C28H63ClN4. The van der Waals surface area contributed by atoms with Gasteiger partial charge in [-0.1, -0.05) is 41.5 Å². The number of nitrogens with zero attached hydrogens (tertiary/aromatic N) is 4. The van der Waals surface area contributed by atoms with Crippen LogP contribution in [-0.4, -0.2) is 98.1 Å². The van der Waals surface area contributed by atoms with Crippen LogP contribution in [-0.2, 0) is 0 Å². The minimum atomic E-state index is 0. The number of rotatable bonds is 25. The molecule has 0 unspecified atom stereocenters. The van der Waals surface area contributed by atoms with Crippen LogP contribution in [0, 0.1) is 0 Å². The fourth-order valence-corrected chi connectivity index (χ4v) is 4.95. The Morgan fingerprint density at radius 3 is 0.667 bits per heavy atom. The Morgan fingerprint density at radius 2 is 0.455 bits per heavy atom. The predicted molar refractivity (Wildman–Crippen MR) is 153 cm³/mol. The summed E-state index contributed by atoms with van der Waals surface area (Å²) >= 11 is 0. The number of unbranched alkanes of at least 4 members (excludes halogenated alkanes) is 1. The molecule has 0 aromatic heterocycles. The van der Waals surface area contributed by atoms with Gasteiger partial charge in [0.2, 0.25) is 0 Å². The molecule has 0 atom stereocenters. The third-order valence-corrected chi connectivity index (χ3v) is 6.34. The molecular weight excluding hydrogens is 428 g/mol. The topological polar surface area (TPSA) is 13.0 Å². The summed E-state index contributed by atoms with van der Waals surface area (Å²) in [4.78, 5) is 10.8. The largest absolute Gasteiger partial charge is 0.303 e. The Labute approximate surface area is 216 Å². The highest BCUT2D eigenvalue weighted by molar-refractivity contribution is 5.85. The molecule has 33 heavy (non-hydrogen) atoms. The maximum absolute atomic E-state index is 2.73. The summed E-state index contributed by atoms with van der Waals surface area (Å²) in [5.41, 5.74) is 0. The lowest BCUT2D eigenvalue weighted by Crippen LogP contribution is -2.33. The Morgan fingerprint density at radius 1 is 0.273 bits per heavy atom. The molecule has 0 saturated heterocycles. The van der Waals surface area contributed by atoms with E-state index in [2.05, 4.69) is 61.1 Å². The molecule has 0 heterocycles. The van der Waals surface area contributed by atoms with Gasteiger partial charge in [-0.25, -0.2) is 0 Å². The zero-order valence-corrected chi connectivity index (χ0v) is 24.6. The third kappa shape index (κ3) is 21.2. The van der Waals surface area contributed by atoms with Crippen molar-refractivity contribution in [3.63, 3.8) is 0 Å². The molecule has 0 amide bonds. The molecule has 0 rings (SSSR count). The van der Waals surface area contributed by atoms with Crippen LogP contribution < -0.4 is 0 Å². The maximum atomic E-state index is 2.73. The first-order chi connectivity index (χ1) is 15.6. The lowest BCUT2D eigenvalue weighted by atomic mass is 10.2. The third-order valence-electron chi connectivity index (χ3n) is 6.34. The Hall–Kier alpha value is 0.130. The van der Waals surface area contributed by atoms with E-state index >= 15 is 0 Å². The predicted octanol–water partition coefficient (Wildman–Crippen LogP) is 6.64. The van der Waals surface area contributed by atoms with Gasteiger partial charge in [-0.05, 0) is 143 Å². The van der Waals surface area contributed by atoms with Crippen LogP contribution in [0.25, 0.3) is 0 Å². The first-order valence-electron chi connectivity index (χ1n) is 14.5. The smallest absolute Gasteiger partial charge is 0.000655 e. The van der Waals surface area contributed by atoms with Gasteiger partial charge in [-0.2, -0.15) is 0 Å². The monoisotopic (exact) mass is 490 g/mol. The summed E-state index contributed by atoms with van der Waals surface area (Å²) < 4.78 is 0. The lowest BCUT2D eigenvalue weighted by molar-refractivity contribution is 0.209. The van der Waals surface area contributed by atoms with Crippen LogP contribution in [0.1, 0.15) is 106 Å². The van der Waals surface area contributed by atoms with E-state index in [4.69, 9.17) is 0 Å². The number of halogens is 1. The molecule has 5 heteroatoms. The van der Waals surface area contributed by atoms with Crippen molar-refractivity contribution in [2.75, 3.05) is 78.5 Å². The number of hydrogen-bond donors (Lipinski definition) is 0. The highest BCUT2D eigenvalue weighted by Crippen LogP contribution is 2.05. The molecule has 0 saturated carbocycles. The molecule has 0 aliphatic carbocycles. The molecule has 0 N–H and O–H groups in total. The van der Waals surface area contributed by atoms with Crippen LogP contribution in [0.3, 0.4) is 0 Å². The zero-order chi connectivity index (χ0) is 23.9. The molecule has 0 aromatic carbocycles. The van der Waals surface area contributed by atoms with Crippen molar-refractivity contribution in [2.45, 2.75) is 106 Å². The van der Waals surface area contributed by atoms with Gasteiger partial charge >= 0.3 is 0 Å². The van der Waals surface area contributed by atoms with Gasteiger partial charge in [0, 0.05) is 0 Å². The van der Waals surface area contributed by atoms with E-state index < -0.39 is 0 Å². The average molecular weight is 491 g/mol. The minimum Gasteiger partial charge on any atom is -0.303 e. The van der Waals surface area contributed by atoms with Gasteiger partial charge in [0.25, 0.3) is 0 Å².